The molecule has 128 valence electrons. The van der Waals surface area contributed by atoms with E-state index < -0.39 is 0 Å². The van der Waals surface area contributed by atoms with Gasteiger partial charge in [0.1, 0.15) is 5.82 Å². The van der Waals surface area contributed by atoms with Crippen LogP contribution in [0.2, 0.25) is 0 Å². The lowest BCUT2D eigenvalue weighted by atomic mass is 10.2. The number of nitrogens with one attached hydrogen (secondary N) is 2. The second-order valence-electron chi connectivity index (χ2n) is 6.25. The second kappa shape index (κ2) is 7.00. The van der Waals surface area contributed by atoms with E-state index >= 15 is 0 Å². The van der Waals surface area contributed by atoms with Crippen molar-refractivity contribution in [3.05, 3.63) is 41.5 Å². The standard InChI is InChI=1S/C17H23N5O2/c1-11(10-23)19-17(24)13-3-5-14(6-4-13)18-9-16-21-20-12(2)22(16)15-7-8-15/h3-6,11,15,18,23H,7-10H2,1-2H3,(H,19,24). The molecule has 1 aliphatic carbocycles. The molecule has 7 heteroatoms. The monoisotopic (exact) mass is 329 g/mol. The topological polar surface area (TPSA) is 92.1 Å². The van der Waals surface area contributed by atoms with Gasteiger partial charge in [0.2, 0.25) is 0 Å². The van der Waals surface area contributed by atoms with Crippen molar-refractivity contribution in [2.45, 2.75) is 45.3 Å². The molecule has 1 saturated carbocycles. The first-order valence-electron chi connectivity index (χ1n) is 8.24. The van der Waals surface area contributed by atoms with Crippen molar-refractivity contribution in [1.82, 2.24) is 20.1 Å². The van der Waals surface area contributed by atoms with E-state index in [0.29, 0.717) is 18.2 Å². The summed E-state index contributed by atoms with van der Waals surface area (Å²) in [6, 6.07) is 7.55. The number of amides is 1. The molecule has 24 heavy (non-hydrogen) atoms. The number of aliphatic hydroxyl groups is 1. The molecule has 1 fully saturated rings. The van der Waals surface area contributed by atoms with Gasteiger partial charge in [0, 0.05) is 23.3 Å². The molecule has 1 aliphatic rings. The molecule has 1 aromatic heterocycles. The van der Waals surface area contributed by atoms with Crippen LogP contribution in [0.25, 0.3) is 0 Å². The number of carbonyl (C=O) groups excluding carboxylic acids is 1. The van der Waals surface area contributed by atoms with E-state index in [0.717, 1.165) is 17.3 Å². The first-order chi connectivity index (χ1) is 11.6. The van der Waals surface area contributed by atoms with Crippen molar-refractivity contribution in [3.8, 4) is 0 Å². The lowest BCUT2D eigenvalue weighted by molar-refractivity contribution is 0.0922. The van der Waals surface area contributed by atoms with Crippen LogP contribution in [0.3, 0.4) is 0 Å². The van der Waals surface area contributed by atoms with Gasteiger partial charge in [-0.3, -0.25) is 4.79 Å². The Balaban J connectivity index is 1.59. The summed E-state index contributed by atoms with van der Waals surface area (Å²) in [5, 5.41) is 23.4. The van der Waals surface area contributed by atoms with E-state index in [-0.39, 0.29) is 18.6 Å². The number of anilines is 1. The number of nitrogens with zero attached hydrogens (tertiary/aromatic N) is 3. The Labute approximate surface area is 141 Å². The normalized spacial score (nSPS) is 15.1. The number of carbonyl (C=O) groups is 1. The third-order valence-corrected chi connectivity index (χ3v) is 4.10. The van der Waals surface area contributed by atoms with Gasteiger partial charge >= 0.3 is 0 Å². The summed E-state index contributed by atoms with van der Waals surface area (Å²) in [6.07, 6.45) is 2.39. The van der Waals surface area contributed by atoms with Crippen LogP contribution in [0.15, 0.2) is 24.3 Å². The van der Waals surface area contributed by atoms with Crippen molar-refractivity contribution < 1.29 is 9.90 Å². The first-order valence-corrected chi connectivity index (χ1v) is 8.24. The molecule has 1 unspecified atom stereocenters. The molecule has 1 amide bonds. The molecule has 7 nitrogen and oxygen atoms in total. The summed E-state index contributed by atoms with van der Waals surface area (Å²) in [5.74, 6) is 1.71. The summed E-state index contributed by atoms with van der Waals surface area (Å²) in [4.78, 5) is 12.0. The summed E-state index contributed by atoms with van der Waals surface area (Å²) >= 11 is 0. The van der Waals surface area contributed by atoms with Crippen molar-refractivity contribution in [2.75, 3.05) is 11.9 Å². The zero-order chi connectivity index (χ0) is 17.1. The summed E-state index contributed by atoms with van der Waals surface area (Å²) in [5.41, 5.74) is 1.49. The molecule has 0 spiro atoms. The molecule has 3 N–H and O–H groups in total. The minimum absolute atomic E-state index is 0.0769. The molecule has 0 radical (unpaired) electrons. The highest BCUT2D eigenvalue weighted by Crippen LogP contribution is 2.36. The molecular formula is C17H23N5O2. The summed E-state index contributed by atoms with van der Waals surface area (Å²) in [7, 11) is 0. The second-order valence-corrected chi connectivity index (χ2v) is 6.25. The Morgan fingerprint density at radius 3 is 2.67 bits per heavy atom. The van der Waals surface area contributed by atoms with E-state index in [4.69, 9.17) is 5.11 Å². The van der Waals surface area contributed by atoms with Gasteiger partial charge in [-0.25, -0.2) is 0 Å². The maximum Gasteiger partial charge on any atom is 0.251 e. The highest BCUT2D eigenvalue weighted by atomic mass is 16.3. The zero-order valence-electron chi connectivity index (χ0n) is 14.0. The molecular weight excluding hydrogens is 306 g/mol. The molecule has 0 aliphatic heterocycles. The first kappa shape index (κ1) is 16.4. The van der Waals surface area contributed by atoms with Crippen LogP contribution in [0.1, 0.15) is 47.8 Å². The van der Waals surface area contributed by atoms with Gasteiger partial charge in [0.15, 0.2) is 5.82 Å². The Hall–Kier alpha value is -2.41. The predicted molar refractivity (Wildman–Crippen MR) is 90.8 cm³/mol. The van der Waals surface area contributed by atoms with E-state index in [1.165, 1.54) is 12.8 Å². The Kier molecular flexibility index (Phi) is 4.80. The van der Waals surface area contributed by atoms with Crippen molar-refractivity contribution in [2.24, 2.45) is 0 Å². The third-order valence-electron chi connectivity index (χ3n) is 4.10. The van der Waals surface area contributed by atoms with Crippen LogP contribution in [0.5, 0.6) is 0 Å². The van der Waals surface area contributed by atoms with E-state index in [2.05, 4.69) is 25.4 Å². The van der Waals surface area contributed by atoms with E-state index in [1.807, 2.05) is 19.1 Å². The smallest absolute Gasteiger partial charge is 0.251 e. The number of hydrogen-bond acceptors (Lipinski definition) is 5. The van der Waals surface area contributed by atoms with Gasteiger partial charge in [-0.15, -0.1) is 10.2 Å². The third kappa shape index (κ3) is 3.73. The largest absolute Gasteiger partial charge is 0.394 e. The lowest BCUT2D eigenvalue weighted by Gasteiger charge is -2.12. The number of benzene rings is 1. The molecule has 1 atom stereocenters. The molecule has 1 heterocycles. The molecule has 0 bridgehead atoms. The van der Waals surface area contributed by atoms with Crippen LogP contribution < -0.4 is 10.6 Å². The lowest BCUT2D eigenvalue weighted by Crippen LogP contribution is -2.34. The molecule has 0 saturated heterocycles. The van der Waals surface area contributed by atoms with Crippen molar-refractivity contribution in [3.63, 3.8) is 0 Å². The summed E-state index contributed by atoms with van der Waals surface area (Å²) in [6.45, 7) is 4.26. The van der Waals surface area contributed by atoms with Crippen molar-refractivity contribution >= 4 is 11.6 Å². The average Bonchev–Trinajstić information content (AvgIpc) is 3.36. The van der Waals surface area contributed by atoms with Gasteiger partial charge < -0.3 is 20.3 Å². The maximum atomic E-state index is 12.0. The van der Waals surface area contributed by atoms with Crippen molar-refractivity contribution in [1.29, 1.82) is 0 Å². The predicted octanol–water partition coefficient (Wildman–Crippen LogP) is 1.64. The van der Waals surface area contributed by atoms with E-state index in [1.54, 1.807) is 19.1 Å². The number of aryl methyl sites for hydroxylation is 1. The SMILES string of the molecule is Cc1nnc(CNc2ccc(C(=O)NC(C)CO)cc2)n1C1CC1. The minimum atomic E-state index is -0.257. The quantitative estimate of drug-likeness (QED) is 0.718. The van der Waals surface area contributed by atoms with Crippen LogP contribution in [0.4, 0.5) is 5.69 Å². The van der Waals surface area contributed by atoms with Crippen LogP contribution >= 0.6 is 0 Å². The molecule has 3 rings (SSSR count). The minimum Gasteiger partial charge on any atom is -0.394 e. The highest BCUT2D eigenvalue weighted by Gasteiger charge is 2.27. The Bertz CT molecular complexity index is 706. The number of aromatic nitrogens is 3. The molecule has 2 aromatic rings. The zero-order valence-corrected chi connectivity index (χ0v) is 14.0. The van der Waals surface area contributed by atoms with Gasteiger partial charge in [-0.05, 0) is 51.0 Å². The fraction of sp³-hybridized carbons (Fsp3) is 0.471. The van der Waals surface area contributed by atoms with Gasteiger partial charge in [0.25, 0.3) is 5.91 Å². The van der Waals surface area contributed by atoms with Gasteiger partial charge in [-0.1, -0.05) is 0 Å². The van der Waals surface area contributed by atoms with E-state index in [9.17, 15) is 4.79 Å². The van der Waals surface area contributed by atoms with Gasteiger partial charge in [-0.2, -0.15) is 0 Å². The maximum absolute atomic E-state index is 12.0. The Morgan fingerprint density at radius 2 is 2.04 bits per heavy atom. The molecule has 1 aromatic carbocycles. The van der Waals surface area contributed by atoms with Crippen LogP contribution in [-0.4, -0.2) is 38.4 Å². The van der Waals surface area contributed by atoms with Crippen LogP contribution in [-0.2, 0) is 6.54 Å². The average molecular weight is 329 g/mol. The number of aliphatic hydroxyl groups excluding tert-OH is 1. The van der Waals surface area contributed by atoms with Crippen LogP contribution in [0, 0.1) is 6.92 Å². The number of hydrogen-bond donors (Lipinski definition) is 3. The highest BCUT2D eigenvalue weighted by molar-refractivity contribution is 5.94. The fourth-order valence-corrected chi connectivity index (χ4v) is 2.61. The fourth-order valence-electron chi connectivity index (χ4n) is 2.61. The Morgan fingerprint density at radius 1 is 1.33 bits per heavy atom. The summed E-state index contributed by atoms with van der Waals surface area (Å²) < 4.78 is 2.20. The van der Waals surface area contributed by atoms with Gasteiger partial charge in [0.05, 0.1) is 13.2 Å². The number of rotatable bonds is 7.